The molecule has 3 rings (SSSR count). The molecule has 0 saturated carbocycles. The van der Waals surface area contributed by atoms with Crippen LogP contribution in [0.15, 0.2) is 53.5 Å². The fourth-order valence-corrected chi connectivity index (χ4v) is 4.58. The van der Waals surface area contributed by atoms with Crippen molar-refractivity contribution in [1.82, 2.24) is 0 Å². The van der Waals surface area contributed by atoms with Crippen LogP contribution in [0.2, 0.25) is 0 Å². The van der Waals surface area contributed by atoms with Crippen LogP contribution in [0, 0.1) is 0 Å². The highest BCUT2D eigenvalue weighted by atomic mass is 32.2. The number of hydrogen-bond acceptors (Lipinski definition) is 3. The maximum absolute atomic E-state index is 12.6. The Morgan fingerprint density at radius 1 is 1.16 bits per heavy atom. The lowest BCUT2D eigenvalue weighted by Gasteiger charge is -2.39. The molecule has 98 valence electrons. The molecule has 0 spiro atoms. The van der Waals surface area contributed by atoms with Crippen LogP contribution in [-0.2, 0) is 14.6 Å². The van der Waals surface area contributed by atoms with Crippen LogP contribution in [0.5, 0.6) is 0 Å². The second-order valence-corrected chi connectivity index (χ2v) is 6.70. The molecular weight excluding hydrogens is 262 g/mol. The van der Waals surface area contributed by atoms with E-state index in [1.54, 1.807) is 53.5 Å². The minimum absolute atomic E-state index is 0.155. The molecule has 0 unspecified atom stereocenters. The van der Waals surface area contributed by atoms with Gasteiger partial charge in [-0.2, -0.15) is 0 Å². The molecule has 19 heavy (non-hydrogen) atoms. The van der Waals surface area contributed by atoms with E-state index in [-0.39, 0.29) is 10.8 Å². The fourth-order valence-electron chi connectivity index (χ4n) is 2.68. The van der Waals surface area contributed by atoms with Gasteiger partial charge >= 0.3 is 0 Å². The summed E-state index contributed by atoms with van der Waals surface area (Å²) >= 11 is 0. The molecule has 0 aromatic heterocycles. The van der Waals surface area contributed by atoms with Gasteiger partial charge in [0.25, 0.3) is 0 Å². The van der Waals surface area contributed by atoms with Crippen LogP contribution >= 0.6 is 0 Å². The van der Waals surface area contributed by atoms with Crippen LogP contribution < -0.4 is 4.90 Å². The lowest BCUT2D eigenvalue weighted by Crippen LogP contribution is -2.52. The lowest BCUT2D eigenvalue weighted by molar-refractivity contribution is -0.116. The van der Waals surface area contributed by atoms with Gasteiger partial charge in [-0.15, -0.1) is 0 Å². The van der Waals surface area contributed by atoms with E-state index in [0.29, 0.717) is 5.69 Å². The first-order chi connectivity index (χ1) is 9.03. The summed E-state index contributed by atoms with van der Waals surface area (Å²) in [6, 6.07) is 6.20. The molecule has 2 aliphatic rings. The number of carbonyl (C=O) groups excluding carboxylic acids is 1. The minimum atomic E-state index is -3.44. The molecule has 0 saturated heterocycles. The highest BCUT2D eigenvalue weighted by Gasteiger charge is 2.44. The molecule has 0 radical (unpaired) electrons. The Balaban J connectivity index is 2.31. The van der Waals surface area contributed by atoms with Gasteiger partial charge in [0.1, 0.15) is 5.25 Å². The Bertz CT molecular complexity index is 703. The number of rotatable bonds is 0. The number of allylic oxidation sites excluding steroid dienone is 2. The van der Waals surface area contributed by atoms with Gasteiger partial charge in [-0.25, -0.2) is 8.42 Å². The molecule has 0 bridgehead atoms. The van der Waals surface area contributed by atoms with Crippen LogP contribution in [0.3, 0.4) is 0 Å². The summed E-state index contributed by atoms with van der Waals surface area (Å²) in [7, 11) is -3.44. The average Bonchev–Trinajstić information content (AvgIpc) is 2.39. The normalized spacial score (nSPS) is 26.7. The van der Waals surface area contributed by atoms with Gasteiger partial charge in [-0.1, -0.05) is 36.4 Å². The summed E-state index contributed by atoms with van der Waals surface area (Å²) in [6.07, 6.45) is 6.90. The molecule has 1 aliphatic carbocycles. The van der Waals surface area contributed by atoms with Crippen LogP contribution in [0.4, 0.5) is 5.69 Å². The van der Waals surface area contributed by atoms with E-state index in [4.69, 9.17) is 0 Å². The quantitative estimate of drug-likeness (QED) is 0.724. The number of carbonyl (C=O) groups is 1. The minimum Gasteiger partial charge on any atom is -0.303 e. The van der Waals surface area contributed by atoms with E-state index in [1.165, 1.54) is 6.92 Å². The maximum atomic E-state index is 12.6. The SMILES string of the molecule is CC(=O)N1c2ccccc2S(=O)(=O)[C@H]2C=CC=C[C@@H]21. The van der Waals surface area contributed by atoms with Crippen molar-refractivity contribution >= 4 is 21.4 Å². The fraction of sp³-hybridized carbons (Fsp3) is 0.214. The Hall–Kier alpha value is -1.88. The molecular formula is C14H13NO3S. The van der Waals surface area contributed by atoms with Crippen LogP contribution in [0.1, 0.15) is 6.92 Å². The summed E-state index contributed by atoms with van der Waals surface area (Å²) in [6.45, 7) is 1.46. The van der Waals surface area contributed by atoms with E-state index >= 15 is 0 Å². The Morgan fingerprint density at radius 2 is 1.84 bits per heavy atom. The first-order valence-electron chi connectivity index (χ1n) is 6.01. The highest BCUT2D eigenvalue weighted by Crippen LogP contribution is 2.39. The number of para-hydroxylation sites is 1. The monoisotopic (exact) mass is 275 g/mol. The van der Waals surface area contributed by atoms with Crippen molar-refractivity contribution in [2.75, 3.05) is 4.90 Å². The molecule has 1 aliphatic heterocycles. The second-order valence-electron chi connectivity index (χ2n) is 4.63. The molecule has 4 nitrogen and oxygen atoms in total. The second kappa shape index (κ2) is 4.06. The largest absolute Gasteiger partial charge is 0.303 e. The van der Waals surface area contributed by atoms with Gasteiger partial charge in [0.15, 0.2) is 9.84 Å². The molecule has 1 aromatic rings. The zero-order chi connectivity index (χ0) is 13.6. The third kappa shape index (κ3) is 1.65. The zero-order valence-corrected chi connectivity index (χ0v) is 11.2. The average molecular weight is 275 g/mol. The predicted octanol–water partition coefficient (Wildman–Crippen LogP) is 1.69. The Morgan fingerprint density at radius 3 is 2.58 bits per heavy atom. The van der Waals surface area contributed by atoms with Crippen molar-refractivity contribution in [1.29, 1.82) is 0 Å². The first-order valence-corrected chi connectivity index (χ1v) is 7.56. The third-order valence-corrected chi connectivity index (χ3v) is 5.59. The van der Waals surface area contributed by atoms with Crippen molar-refractivity contribution in [3.63, 3.8) is 0 Å². The molecule has 1 aromatic carbocycles. The highest BCUT2D eigenvalue weighted by molar-refractivity contribution is 7.92. The maximum Gasteiger partial charge on any atom is 0.224 e. The molecule has 5 heteroatoms. The summed E-state index contributed by atoms with van der Waals surface area (Å²) < 4.78 is 25.2. The number of anilines is 1. The number of benzene rings is 1. The topological polar surface area (TPSA) is 54.5 Å². The van der Waals surface area contributed by atoms with Crippen LogP contribution in [0.25, 0.3) is 0 Å². The van der Waals surface area contributed by atoms with Gasteiger partial charge in [0.2, 0.25) is 5.91 Å². The van der Waals surface area contributed by atoms with E-state index in [9.17, 15) is 13.2 Å². The molecule has 1 amide bonds. The van der Waals surface area contributed by atoms with E-state index < -0.39 is 21.1 Å². The smallest absolute Gasteiger partial charge is 0.224 e. The van der Waals surface area contributed by atoms with Crippen molar-refractivity contribution in [3.8, 4) is 0 Å². The lowest BCUT2D eigenvalue weighted by atomic mass is 10.0. The van der Waals surface area contributed by atoms with Crippen molar-refractivity contribution in [2.24, 2.45) is 0 Å². The van der Waals surface area contributed by atoms with Gasteiger partial charge in [-0.05, 0) is 12.1 Å². The molecule has 0 fully saturated rings. The number of amides is 1. The van der Waals surface area contributed by atoms with E-state index in [1.807, 2.05) is 0 Å². The van der Waals surface area contributed by atoms with Crippen LogP contribution in [-0.4, -0.2) is 25.6 Å². The molecule has 0 N–H and O–H groups in total. The van der Waals surface area contributed by atoms with Crippen molar-refractivity contribution in [2.45, 2.75) is 23.1 Å². The zero-order valence-electron chi connectivity index (χ0n) is 10.4. The summed E-state index contributed by atoms with van der Waals surface area (Å²) in [5, 5.41) is -0.698. The summed E-state index contributed by atoms with van der Waals surface area (Å²) in [5.74, 6) is -0.155. The van der Waals surface area contributed by atoms with E-state index in [0.717, 1.165) is 0 Å². The number of fused-ring (bicyclic) bond motifs is 2. The first kappa shape index (κ1) is 12.2. The van der Waals surface area contributed by atoms with Gasteiger partial charge in [0, 0.05) is 6.92 Å². The summed E-state index contributed by atoms with van der Waals surface area (Å²) in [5.41, 5.74) is 0.469. The van der Waals surface area contributed by atoms with E-state index in [2.05, 4.69) is 0 Å². The third-order valence-electron chi connectivity index (χ3n) is 3.48. The molecule has 1 heterocycles. The summed E-state index contributed by atoms with van der Waals surface area (Å²) in [4.78, 5) is 13.7. The number of nitrogens with zero attached hydrogens (tertiary/aromatic N) is 1. The number of sulfone groups is 1. The Kier molecular flexibility index (Phi) is 2.60. The van der Waals surface area contributed by atoms with Gasteiger partial charge < -0.3 is 4.90 Å². The molecule has 2 atom stereocenters. The van der Waals surface area contributed by atoms with Gasteiger partial charge in [0.05, 0.1) is 16.6 Å². The van der Waals surface area contributed by atoms with Gasteiger partial charge in [-0.3, -0.25) is 4.79 Å². The standard InChI is InChI=1S/C14H13NO3S/c1-10(16)15-11-6-2-4-8-13(11)19(17,18)14-9-5-3-7-12(14)15/h2-9,11,13H,1H3/t11-,13-/m0/s1. The predicted molar refractivity (Wildman–Crippen MR) is 72.6 cm³/mol. The number of hydrogen-bond donors (Lipinski definition) is 0. The van der Waals surface area contributed by atoms with Crippen molar-refractivity contribution in [3.05, 3.63) is 48.6 Å². The van der Waals surface area contributed by atoms with Crippen molar-refractivity contribution < 1.29 is 13.2 Å². The Labute approximate surface area is 112 Å².